The van der Waals surface area contributed by atoms with Crippen LogP contribution in [0.2, 0.25) is 0 Å². The number of hydrogen-bond acceptors (Lipinski definition) is 3. The van der Waals surface area contributed by atoms with Crippen molar-refractivity contribution in [1.29, 1.82) is 0 Å². The molecule has 62 valence electrons. The number of carbonyl (C=O) groups is 1. The number of rotatable bonds is 2. The summed E-state index contributed by atoms with van der Waals surface area (Å²) in [4.78, 5) is 10.7. The van der Waals surface area contributed by atoms with Crippen LogP contribution in [0.25, 0.3) is 0 Å². The summed E-state index contributed by atoms with van der Waals surface area (Å²) in [6, 6.07) is -0.0301. The lowest BCUT2D eigenvalue weighted by molar-refractivity contribution is -0.119. The maximum absolute atomic E-state index is 10.7. The third kappa shape index (κ3) is 2.15. The third-order valence-corrected chi connectivity index (χ3v) is 1.97. The number of ether oxygens (including phenoxy) is 1. The van der Waals surface area contributed by atoms with E-state index in [2.05, 4.69) is 5.32 Å². The average Bonchev–Trinajstić information content (AvgIpc) is 2.36. The highest BCUT2D eigenvalue weighted by atomic mass is 32.1. The summed E-state index contributed by atoms with van der Waals surface area (Å²) in [5.74, 6) is 0.0667. The Bertz CT molecular complexity index is 181. The molecule has 1 N–H and O–H groups in total. The average molecular weight is 173 g/mol. The minimum atomic E-state index is -0.0301. The van der Waals surface area contributed by atoms with Crippen molar-refractivity contribution in [3.8, 4) is 0 Å². The van der Waals surface area contributed by atoms with E-state index < -0.39 is 0 Å². The standard InChI is InChI=1S/C7H11NO2S/c1-2-10-7(11)5-3-4-6(9)8-5/h5H,2-4H2,1H3,(H,8,9). The zero-order valence-electron chi connectivity index (χ0n) is 6.42. The molecule has 0 aliphatic carbocycles. The van der Waals surface area contributed by atoms with Crippen molar-refractivity contribution >= 4 is 23.2 Å². The van der Waals surface area contributed by atoms with E-state index in [4.69, 9.17) is 17.0 Å². The van der Waals surface area contributed by atoms with E-state index in [9.17, 15) is 4.79 Å². The molecule has 3 nitrogen and oxygen atoms in total. The second-order valence-corrected chi connectivity index (χ2v) is 2.81. The Balaban J connectivity index is 2.37. The molecule has 0 bridgehead atoms. The highest BCUT2D eigenvalue weighted by Crippen LogP contribution is 2.08. The molecule has 1 rings (SSSR count). The van der Waals surface area contributed by atoms with Crippen LogP contribution in [-0.2, 0) is 9.53 Å². The number of thiocarbonyl (C=S) groups is 1. The second kappa shape index (κ2) is 3.67. The summed E-state index contributed by atoms with van der Waals surface area (Å²) >= 11 is 4.93. The fourth-order valence-corrected chi connectivity index (χ4v) is 1.33. The van der Waals surface area contributed by atoms with E-state index in [0.29, 0.717) is 18.1 Å². The third-order valence-electron chi connectivity index (χ3n) is 1.57. The predicted octanol–water partition coefficient (Wildman–Crippen LogP) is 0.629. The number of hydrogen-bond donors (Lipinski definition) is 1. The molecule has 1 amide bonds. The minimum Gasteiger partial charge on any atom is -0.485 e. The van der Waals surface area contributed by atoms with Crippen LogP contribution in [0.1, 0.15) is 19.8 Å². The highest BCUT2D eigenvalue weighted by Gasteiger charge is 2.24. The van der Waals surface area contributed by atoms with Gasteiger partial charge in [-0.15, -0.1) is 0 Å². The Morgan fingerprint density at radius 3 is 3.09 bits per heavy atom. The Kier molecular flexibility index (Phi) is 2.82. The van der Waals surface area contributed by atoms with Gasteiger partial charge in [0.2, 0.25) is 5.91 Å². The topological polar surface area (TPSA) is 38.3 Å². The lowest BCUT2D eigenvalue weighted by Crippen LogP contribution is -2.33. The van der Waals surface area contributed by atoms with Crippen molar-refractivity contribution in [2.24, 2.45) is 0 Å². The molecule has 1 heterocycles. The van der Waals surface area contributed by atoms with Crippen LogP contribution in [0.15, 0.2) is 0 Å². The van der Waals surface area contributed by atoms with Crippen molar-refractivity contribution in [3.05, 3.63) is 0 Å². The SMILES string of the molecule is CCOC(=S)C1CCC(=O)N1. The summed E-state index contributed by atoms with van der Waals surface area (Å²) in [6.07, 6.45) is 1.34. The Labute approximate surface area is 71.1 Å². The normalized spacial score (nSPS) is 23.0. The molecule has 1 aliphatic heterocycles. The summed E-state index contributed by atoms with van der Waals surface area (Å²) in [7, 11) is 0. The van der Waals surface area contributed by atoms with Gasteiger partial charge in [0, 0.05) is 6.42 Å². The van der Waals surface area contributed by atoms with Gasteiger partial charge in [-0.1, -0.05) is 0 Å². The molecule has 0 radical (unpaired) electrons. The maximum Gasteiger partial charge on any atom is 0.220 e. The molecule has 1 fully saturated rings. The zero-order valence-corrected chi connectivity index (χ0v) is 7.24. The molecule has 1 saturated heterocycles. The van der Waals surface area contributed by atoms with Crippen molar-refractivity contribution in [2.45, 2.75) is 25.8 Å². The molecule has 0 aromatic rings. The molecule has 11 heavy (non-hydrogen) atoms. The summed E-state index contributed by atoms with van der Waals surface area (Å²) in [5, 5.41) is 3.25. The van der Waals surface area contributed by atoms with Gasteiger partial charge in [-0.3, -0.25) is 4.79 Å². The summed E-state index contributed by atoms with van der Waals surface area (Å²) in [6.45, 7) is 2.45. The first kappa shape index (κ1) is 8.46. The smallest absolute Gasteiger partial charge is 0.220 e. The predicted molar refractivity (Wildman–Crippen MR) is 45.4 cm³/mol. The van der Waals surface area contributed by atoms with Crippen LogP contribution in [-0.4, -0.2) is 23.6 Å². The van der Waals surface area contributed by atoms with Crippen molar-refractivity contribution in [3.63, 3.8) is 0 Å². The minimum absolute atomic E-state index is 0.0301. The molecular weight excluding hydrogens is 162 g/mol. The van der Waals surface area contributed by atoms with E-state index in [1.165, 1.54) is 0 Å². The van der Waals surface area contributed by atoms with E-state index in [0.717, 1.165) is 6.42 Å². The van der Waals surface area contributed by atoms with Gasteiger partial charge in [0.05, 0.1) is 12.6 Å². The molecule has 1 atom stereocenters. The van der Waals surface area contributed by atoms with Gasteiger partial charge in [-0.25, -0.2) is 0 Å². The molecule has 0 aromatic heterocycles. The van der Waals surface area contributed by atoms with Crippen LogP contribution in [0, 0.1) is 0 Å². The van der Waals surface area contributed by atoms with Gasteiger partial charge in [0.15, 0.2) is 5.05 Å². The van der Waals surface area contributed by atoms with Crippen LogP contribution in [0.4, 0.5) is 0 Å². The van der Waals surface area contributed by atoms with Crippen molar-refractivity contribution in [1.82, 2.24) is 5.32 Å². The monoisotopic (exact) mass is 173 g/mol. The first-order valence-electron chi connectivity index (χ1n) is 3.70. The van der Waals surface area contributed by atoms with E-state index >= 15 is 0 Å². The van der Waals surface area contributed by atoms with Gasteiger partial charge >= 0.3 is 0 Å². The molecule has 0 saturated carbocycles. The van der Waals surface area contributed by atoms with Gasteiger partial charge in [-0.05, 0) is 25.6 Å². The van der Waals surface area contributed by atoms with E-state index in [1.807, 2.05) is 6.92 Å². The van der Waals surface area contributed by atoms with E-state index in [1.54, 1.807) is 0 Å². The molecule has 1 unspecified atom stereocenters. The van der Waals surface area contributed by atoms with Crippen LogP contribution in [0.5, 0.6) is 0 Å². The van der Waals surface area contributed by atoms with E-state index in [-0.39, 0.29) is 11.9 Å². The van der Waals surface area contributed by atoms with Crippen LogP contribution >= 0.6 is 12.2 Å². The first-order valence-corrected chi connectivity index (χ1v) is 4.11. The lowest BCUT2D eigenvalue weighted by Gasteiger charge is -2.10. The zero-order chi connectivity index (χ0) is 8.27. The summed E-state index contributed by atoms with van der Waals surface area (Å²) in [5.41, 5.74) is 0. The van der Waals surface area contributed by atoms with Crippen LogP contribution in [0.3, 0.4) is 0 Å². The van der Waals surface area contributed by atoms with Crippen molar-refractivity contribution in [2.75, 3.05) is 6.61 Å². The molecule has 0 aromatic carbocycles. The summed E-state index contributed by atoms with van der Waals surface area (Å²) < 4.78 is 5.09. The molecule has 0 spiro atoms. The number of carbonyl (C=O) groups excluding carboxylic acids is 1. The van der Waals surface area contributed by atoms with Gasteiger partial charge < -0.3 is 10.1 Å². The largest absolute Gasteiger partial charge is 0.485 e. The number of nitrogens with one attached hydrogen (secondary N) is 1. The Hall–Kier alpha value is -0.640. The van der Waals surface area contributed by atoms with Gasteiger partial charge in [0.25, 0.3) is 0 Å². The highest BCUT2D eigenvalue weighted by molar-refractivity contribution is 7.80. The van der Waals surface area contributed by atoms with Crippen molar-refractivity contribution < 1.29 is 9.53 Å². The van der Waals surface area contributed by atoms with Gasteiger partial charge in [-0.2, -0.15) is 0 Å². The molecule has 4 heteroatoms. The Morgan fingerprint density at radius 1 is 1.91 bits per heavy atom. The fraction of sp³-hybridized carbons (Fsp3) is 0.714. The van der Waals surface area contributed by atoms with Crippen LogP contribution < -0.4 is 5.32 Å². The number of amides is 1. The Morgan fingerprint density at radius 2 is 2.64 bits per heavy atom. The molecule has 1 aliphatic rings. The van der Waals surface area contributed by atoms with Gasteiger partial charge in [0.1, 0.15) is 0 Å². The first-order chi connectivity index (χ1) is 5.24. The fourth-order valence-electron chi connectivity index (χ4n) is 1.03. The molecular formula is C7H11NO2S. The second-order valence-electron chi connectivity index (χ2n) is 2.41. The maximum atomic E-state index is 10.7. The quantitative estimate of drug-likeness (QED) is 0.622. The lowest BCUT2D eigenvalue weighted by atomic mass is 10.2.